The molecule has 2 aliphatic heterocycles. The average Bonchev–Trinajstić information content (AvgIpc) is 2.56. The van der Waals surface area contributed by atoms with E-state index in [-0.39, 0.29) is 30.1 Å². The van der Waals surface area contributed by atoms with Gasteiger partial charge in [0.15, 0.2) is 5.82 Å². The minimum atomic E-state index is -1.19. The van der Waals surface area contributed by atoms with Gasteiger partial charge in [0.1, 0.15) is 6.73 Å². The summed E-state index contributed by atoms with van der Waals surface area (Å²) in [4.78, 5) is 31.3. The number of anilines is 1. The average molecular weight is 424 g/mol. The number of aryl methyl sites for hydroxylation is 1. The normalized spacial score (nSPS) is 17.7. The molecule has 0 N–H and O–H groups in total. The molecule has 0 radical (unpaired) electrons. The molecule has 0 atom stereocenters. The molecule has 0 amide bonds. The van der Waals surface area contributed by atoms with Gasteiger partial charge in [-0.15, -0.1) is 0 Å². The van der Waals surface area contributed by atoms with E-state index in [1.807, 2.05) is 4.90 Å². The second kappa shape index (κ2) is 8.97. The van der Waals surface area contributed by atoms with Crippen LogP contribution in [0.2, 0.25) is 25.7 Å². The highest BCUT2D eigenvalue weighted by molar-refractivity contribution is 6.76. The van der Waals surface area contributed by atoms with Crippen molar-refractivity contribution in [1.29, 1.82) is 0 Å². The Balaban J connectivity index is 1.70. The predicted octanol–water partition coefficient (Wildman–Crippen LogP) is 1.89. The van der Waals surface area contributed by atoms with Crippen molar-refractivity contribution >= 4 is 19.9 Å². The van der Waals surface area contributed by atoms with Gasteiger partial charge in [-0.3, -0.25) is 14.2 Å². The Labute approximate surface area is 173 Å². The monoisotopic (exact) mass is 423 g/mol. The summed E-state index contributed by atoms with van der Waals surface area (Å²) in [7, 11) is -1.19. The minimum Gasteiger partial charge on any atom is -0.466 e. The molecule has 1 aromatic heterocycles. The first-order valence-corrected chi connectivity index (χ1v) is 14.1. The number of rotatable bonds is 10. The highest BCUT2D eigenvalue weighted by Gasteiger charge is 2.50. The highest BCUT2D eigenvalue weighted by atomic mass is 28.3. The van der Waals surface area contributed by atoms with Gasteiger partial charge in [0.25, 0.3) is 5.56 Å². The molecular weight excluding hydrogens is 390 g/mol. The fourth-order valence-electron chi connectivity index (χ4n) is 3.49. The number of hydrogen-bond acceptors (Lipinski definition) is 7. The van der Waals surface area contributed by atoms with Gasteiger partial charge >= 0.3 is 5.97 Å². The molecule has 0 unspecified atom stereocenters. The van der Waals surface area contributed by atoms with Gasteiger partial charge in [-0.2, -0.15) is 0 Å². The molecule has 0 aromatic carbocycles. The second-order valence-corrected chi connectivity index (χ2v) is 15.0. The molecule has 9 heteroatoms. The van der Waals surface area contributed by atoms with Crippen molar-refractivity contribution in [3.8, 4) is 0 Å². The number of aromatic nitrogens is 2. The van der Waals surface area contributed by atoms with Gasteiger partial charge in [0.05, 0.1) is 37.4 Å². The third-order valence-corrected chi connectivity index (χ3v) is 7.00. The van der Waals surface area contributed by atoms with Gasteiger partial charge in [-0.25, -0.2) is 4.98 Å². The molecule has 2 saturated heterocycles. The van der Waals surface area contributed by atoms with Crippen LogP contribution in [0.15, 0.2) is 11.0 Å². The lowest BCUT2D eigenvalue weighted by Crippen LogP contribution is -2.67. The Morgan fingerprint density at radius 3 is 2.62 bits per heavy atom. The molecule has 0 saturated carbocycles. The van der Waals surface area contributed by atoms with E-state index >= 15 is 0 Å². The maximum absolute atomic E-state index is 13.0. The summed E-state index contributed by atoms with van der Waals surface area (Å²) in [5, 5.41) is 0. The van der Waals surface area contributed by atoms with Gasteiger partial charge in [0, 0.05) is 40.4 Å². The lowest BCUT2D eigenvalue weighted by Gasteiger charge is -2.55. The highest BCUT2D eigenvalue weighted by Crippen LogP contribution is 2.38. The Bertz CT molecular complexity index is 777. The largest absolute Gasteiger partial charge is 0.466 e. The molecule has 3 heterocycles. The van der Waals surface area contributed by atoms with Crippen LogP contribution in [-0.2, 0) is 32.2 Å². The summed E-state index contributed by atoms with van der Waals surface area (Å²) in [6.07, 6.45) is 2.39. The van der Waals surface area contributed by atoms with Crippen LogP contribution in [0.3, 0.4) is 0 Å². The van der Waals surface area contributed by atoms with E-state index in [4.69, 9.17) is 14.2 Å². The number of hydrogen-bond donors (Lipinski definition) is 0. The molecule has 0 bridgehead atoms. The summed E-state index contributed by atoms with van der Waals surface area (Å²) in [5.41, 5.74) is 0.744. The van der Waals surface area contributed by atoms with Crippen LogP contribution in [0.1, 0.15) is 19.0 Å². The van der Waals surface area contributed by atoms with E-state index < -0.39 is 8.07 Å². The molecule has 1 aromatic rings. The molecule has 29 heavy (non-hydrogen) atoms. The second-order valence-electron chi connectivity index (χ2n) is 9.33. The lowest BCUT2D eigenvalue weighted by atomic mass is 9.78. The van der Waals surface area contributed by atoms with E-state index in [2.05, 4.69) is 24.6 Å². The van der Waals surface area contributed by atoms with Crippen molar-refractivity contribution in [2.45, 2.75) is 52.2 Å². The Hall–Kier alpha value is -1.71. The summed E-state index contributed by atoms with van der Waals surface area (Å²) in [6, 6.07) is 1.05. The first-order chi connectivity index (χ1) is 13.7. The third-order valence-electron chi connectivity index (χ3n) is 5.29. The molecule has 3 rings (SSSR count). The van der Waals surface area contributed by atoms with Crippen molar-refractivity contribution in [3.05, 3.63) is 22.2 Å². The number of carbonyl (C=O) groups excluding carboxylic acids is 1. The fraction of sp³-hybridized carbons (Fsp3) is 0.750. The van der Waals surface area contributed by atoms with Crippen LogP contribution in [0.5, 0.6) is 0 Å². The predicted molar refractivity (Wildman–Crippen MR) is 113 cm³/mol. The zero-order valence-electron chi connectivity index (χ0n) is 18.0. The Morgan fingerprint density at radius 1 is 1.31 bits per heavy atom. The van der Waals surface area contributed by atoms with Crippen LogP contribution in [-0.4, -0.2) is 63.1 Å². The molecular formula is C20H33N3O5Si. The van der Waals surface area contributed by atoms with Crippen molar-refractivity contribution in [2.75, 3.05) is 44.4 Å². The van der Waals surface area contributed by atoms with Crippen molar-refractivity contribution in [1.82, 2.24) is 9.55 Å². The van der Waals surface area contributed by atoms with E-state index in [9.17, 15) is 9.59 Å². The van der Waals surface area contributed by atoms with Crippen LogP contribution < -0.4 is 10.5 Å². The zero-order valence-corrected chi connectivity index (χ0v) is 19.0. The van der Waals surface area contributed by atoms with E-state index in [1.165, 1.54) is 0 Å². The topological polar surface area (TPSA) is 82.9 Å². The molecule has 1 spiro atoms. The van der Waals surface area contributed by atoms with Crippen LogP contribution in [0.25, 0.3) is 0 Å². The van der Waals surface area contributed by atoms with Crippen LogP contribution in [0.4, 0.5) is 5.82 Å². The van der Waals surface area contributed by atoms with E-state index in [1.54, 1.807) is 17.7 Å². The Morgan fingerprint density at radius 2 is 2.03 bits per heavy atom. The quantitative estimate of drug-likeness (QED) is 0.323. The maximum Gasteiger partial charge on any atom is 0.306 e. The first kappa shape index (κ1) is 22.0. The summed E-state index contributed by atoms with van der Waals surface area (Å²) in [5.74, 6) is 0.187. The number of carbonyl (C=O) groups is 1. The summed E-state index contributed by atoms with van der Waals surface area (Å²) >= 11 is 0. The smallest absolute Gasteiger partial charge is 0.306 e. The Kier molecular flexibility index (Phi) is 6.80. The van der Waals surface area contributed by atoms with Crippen molar-refractivity contribution < 1.29 is 19.0 Å². The third kappa shape index (κ3) is 5.67. The van der Waals surface area contributed by atoms with Gasteiger partial charge in [-0.1, -0.05) is 19.6 Å². The summed E-state index contributed by atoms with van der Waals surface area (Å²) in [6.45, 7) is 12.9. The minimum absolute atomic E-state index is 0.145. The molecule has 8 nitrogen and oxygen atoms in total. The SMILES string of the molecule is CCOC(=O)CCc1cn(COCC[Si](C)(C)C)c(=O)c(N2CC3(COC3)C2)n1. The first-order valence-electron chi connectivity index (χ1n) is 10.4. The van der Waals surface area contributed by atoms with E-state index in [0.29, 0.717) is 31.1 Å². The van der Waals surface area contributed by atoms with Gasteiger partial charge in [-0.05, 0) is 13.0 Å². The zero-order chi connectivity index (χ0) is 21.1. The van der Waals surface area contributed by atoms with Gasteiger partial charge < -0.3 is 19.1 Å². The maximum atomic E-state index is 13.0. The number of ether oxygens (including phenoxy) is 3. The fourth-order valence-corrected chi connectivity index (χ4v) is 4.25. The number of esters is 1. The van der Waals surface area contributed by atoms with Crippen molar-refractivity contribution in [3.63, 3.8) is 0 Å². The van der Waals surface area contributed by atoms with Crippen LogP contribution in [0, 0.1) is 5.41 Å². The molecule has 162 valence electrons. The molecule has 0 aliphatic carbocycles. The standard InChI is InChI=1S/C20H33N3O5Si/c1-5-28-17(24)7-6-16-10-22(15-26-8-9-29(2,3)4)19(25)18(21-16)23-11-20(12-23)13-27-14-20/h10H,5-9,11-15H2,1-4H3. The molecule has 2 aliphatic rings. The number of nitrogens with zero attached hydrogens (tertiary/aromatic N) is 3. The lowest BCUT2D eigenvalue weighted by molar-refractivity contribution is -0.143. The summed E-state index contributed by atoms with van der Waals surface area (Å²) < 4.78 is 17.7. The van der Waals surface area contributed by atoms with Crippen molar-refractivity contribution in [2.24, 2.45) is 5.41 Å². The van der Waals surface area contributed by atoms with Crippen LogP contribution >= 0.6 is 0 Å². The van der Waals surface area contributed by atoms with Gasteiger partial charge in [0.2, 0.25) is 0 Å². The van der Waals surface area contributed by atoms with E-state index in [0.717, 1.165) is 32.3 Å². The molecule has 2 fully saturated rings.